The molecule has 10 heteroatoms. The first-order valence-electron chi connectivity index (χ1n) is 9.78. The molecule has 0 atom stereocenters. The van der Waals surface area contributed by atoms with Crippen LogP contribution in [0.4, 0.5) is 0 Å². The molecule has 0 fully saturated rings. The van der Waals surface area contributed by atoms with Gasteiger partial charge in [0.1, 0.15) is 0 Å². The summed E-state index contributed by atoms with van der Waals surface area (Å²) >= 11 is 11.8. The Morgan fingerprint density at radius 1 is 0.906 bits per heavy atom. The molecule has 1 aromatic heterocycles. The second-order valence-corrected chi connectivity index (χ2v) is 7.66. The normalized spacial score (nSPS) is 10.4. The molecule has 3 rings (SSSR count). The van der Waals surface area contributed by atoms with Crippen molar-refractivity contribution in [2.75, 3.05) is 19.6 Å². The van der Waals surface area contributed by atoms with E-state index >= 15 is 0 Å². The molecule has 166 valence electrons. The highest BCUT2D eigenvalue weighted by Gasteiger charge is 2.12. The summed E-state index contributed by atoms with van der Waals surface area (Å²) in [5.74, 6) is -1.34. The number of nitrogens with one attached hydrogen (secondary N) is 3. The van der Waals surface area contributed by atoms with Gasteiger partial charge in [-0.1, -0.05) is 41.4 Å². The summed E-state index contributed by atoms with van der Waals surface area (Å²) in [6.45, 7) is -0.0790. The number of halogens is 2. The van der Waals surface area contributed by atoms with Gasteiger partial charge in [0, 0.05) is 17.8 Å². The van der Waals surface area contributed by atoms with Gasteiger partial charge in [-0.2, -0.15) is 5.10 Å². The zero-order valence-electron chi connectivity index (χ0n) is 17.0. The zero-order valence-corrected chi connectivity index (χ0v) is 18.5. The lowest BCUT2D eigenvalue weighted by Gasteiger charge is -2.08. The molecule has 32 heavy (non-hydrogen) atoms. The minimum atomic E-state index is -0.512. The second-order valence-electron chi connectivity index (χ2n) is 6.81. The van der Waals surface area contributed by atoms with Crippen molar-refractivity contribution in [2.45, 2.75) is 6.42 Å². The molecule has 8 nitrogen and oxygen atoms in total. The maximum atomic E-state index is 12.1. The van der Waals surface area contributed by atoms with Gasteiger partial charge >= 0.3 is 0 Å². The Balaban J connectivity index is 1.34. The molecule has 0 aliphatic heterocycles. The molecule has 3 N–H and O–H groups in total. The molecular weight excluding hydrogens is 453 g/mol. The Kier molecular flexibility index (Phi) is 8.24. The highest BCUT2D eigenvalue weighted by Crippen LogP contribution is 2.20. The van der Waals surface area contributed by atoms with Gasteiger partial charge in [-0.15, -0.1) is 0 Å². The van der Waals surface area contributed by atoms with Gasteiger partial charge in [0.15, 0.2) is 0 Å². The van der Waals surface area contributed by atoms with Crippen LogP contribution in [-0.2, 0) is 16.0 Å². The smallest absolute Gasteiger partial charge is 0.253 e. The molecule has 0 saturated heterocycles. The van der Waals surface area contributed by atoms with Crippen molar-refractivity contribution in [3.63, 3.8) is 0 Å². The third-order valence-corrected chi connectivity index (χ3v) is 4.97. The Morgan fingerprint density at radius 3 is 2.38 bits per heavy atom. The summed E-state index contributed by atoms with van der Waals surface area (Å²) in [6, 6.07) is 14.1. The summed E-state index contributed by atoms with van der Waals surface area (Å²) in [7, 11) is 0. The second kappa shape index (κ2) is 11.3. The largest absolute Gasteiger partial charge is 0.354 e. The van der Waals surface area contributed by atoms with Crippen molar-refractivity contribution in [1.29, 1.82) is 0 Å². The maximum absolute atomic E-state index is 12.1. The van der Waals surface area contributed by atoms with E-state index in [0.29, 0.717) is 18.0 Å². The summed E-state index contributed by atoms with van der Waals surface area (Å²) < 4.78 is 1.77. The number of carbonyl (C=O) groups excluding carboxylic acids is 3. The molecule has 0 radical (unpaired) electrons. The third-order valence-electron chi connectivity index (χ3n) is 4.42. The van der Waals surface area contributed by atoms with Gasteiger partial charge in [0.25, 0.3) is 5.91 Å². The van der Waals surface area contributed by atoms with Crippen molar-refractivity contribution in [2.24, 2.45) is 0 Å². The van der Waals surface area contributed by atoms with E-state index in [1.807, 2.05) is 36.5 Å². The molecule has 1 heterocycles. The van der Waals surface area contributed by atoms with Crippen LogP contribution in [0.3, 0.4) is 0 Å². The van der Waals surface area contributed by atoms with Crippen LogP contribution < -0.4 is 16.0 Å². The first-order chi connectivity index (χ1) is 15.4. The number of nitrogens with zero attached hydrogens (tertiary/aromatic N) is 2. The van der Waals surface area contributed by atoms with Crippen LogP contribution in [0.25, 0.3) is 5.69 Å². The van der Waals surface area contributed by atoms with Crippen molar-refractivity contribution < 1.29 is 14.4 Å². The van der Waals surface area contributed by atoms with Gasteiger partial charge < -0.3 is 16.0 Å². The van der Waals surface area contributed by atoms with Crippen molar-refractivity contribution in [1.82, 2.24) is 25.7 Å². The van der Waals surface area contributed by atoms with E-state index in [-0.39, 0.29) is 29.6 Å². The Labute approximate surface area is 194 Å². The molecular formula is C22H21Cl2N5O3. The molecule has 2 aromatic carbocycles. The Hall–Kier alpha value is -3.36. The van der Waals surface area contributed by atoms with Gasteiger partial charge in [0.2, 0.25) is 11.8 Å². The van der Waals surface area contributed by atoms with Gasteiger partial charge in [-0.05, 0) is 42.3 Å². The summed E-state index contributed by atoms with van der Waals surface area (Å²) in [5, 5.41) is 12.5. The first kappa shape index (κ1) is 23.3. The van der Waals surface area contributed by atoms with Crippen LogP contribution in [-0.4, -0.2) is 47.1 Å². The van der Waals surface area contributed by atoms with Crippen LogP contribution in [0.2, 0.25) is 10.0 Å². The summed E-state index contributed by atoms with van der Waals surface area (Å²) in [5.41, 5.74) is 2.13. The van der Waals surface area contributed by atoms with Crippen molar-refractivity contribution >= 4 is 40.9 Å². The molecule has 0 saturated carbocycles. The highest BCUT2D eigenvalue weighted by molar-refractivity contribution is 6.36. The first-order valence-corrected chi connectivity index (χ1v) is 10.5. The fourth-order valence-corrected chi connectivity index (χ4v) is 3.28. The standard InChI is InChI=1S/C22H21Cl2N5O3/c23-16-6-7-18(19(24)10-16)22(32)27-13-21(31)26-12-20(30)25-9-8-15-11-28-29(14-15)17-4-2-1-3-5-17/h1-7,10-11,14H,8-9,12-13H2,(H,25,30)(H,26,31)(H,27,32). The van der Waals surface area contributed by atoms with Gasteiger partial charge in [-0.3, -0.25) is 14.4 Å². The summed E-state index contributed by atoms with van der Waals surface area (Å²) in [4.78, 5) is 35.9. The third kappa shape index (κ3) is 6.83. The predicted octanol–water partition coefficient (Wildman–Crippen LogP) is 2.38. The molecule has 3 amide bonds. The predicted molar refractivity (Wildman–Crippen MR) is 122 cm³/mol. The summed E-state index contributed by atoms with van der Waals surface area (Å²) in [6.07, 6.45) is 4.25. The van der Waals surface area contributed by atoms with Crippen LogP contribution in [0, 0.1) is 0 Å². The van der Waals surface area contributed by atoms with Crippen LogP contribution in [0.5, 0.6) is 0 Å². The molecule has 3 aromatic rings. The molecule has 0 spiro atoms. The van der Waals surface area contributed by atoms with E-state index in [2.05, 4.69) is 21.0 Å². The minimum absolute atomic E-state index is 0.184. The van der Waals surface area contributed by atoms with Crippen LogP contribution >= 0.6 is 23.2 Å². The van der Waals surface area contributed by atoms with E-state index in [9.17, 15) is 14.4 Å². The SMILES string of the molecule is O=C(CNC(=O)CNC(=O)c1ccc(Cl)cc1Cl)NCCc1cnn(-c2ccccc2)c1. The van der Waals surface area contributed by atoms with Crippen molar-refractivity contribution in [3.05, 3.63) is 82.1 Å². The van der Waals surface area contributed by atoms with Crippen LogP contribution in [0.15, 0.2) is 60.9 Å². The quantitative estimate of drug-likeness (QED) is 0.443. The lowest BCUT2D eigenvalue weighted by Crippen LogP contribution is -2.42. The number of carbonyl (C=O) groups is 3. The van der Waals surface area contributed by atoms with E-state index in [0.717, 1.165) is 11.3 Å². The number of amides is 3. The highest BCUT2D eigenvalue weighted by atomic mass is 35.5. The topological polar surface area (TPSA) is 105 Å². The average Bonchev–Trinajstić information content (AvgIpc) is 3.25. The van der Waals surface area contributed by atoms with E-state index in [1.165, 1.54) is 18.2 Å². The van der Waals surface area contributed by atoms with E-state index in [4.69, 9.17) is 23.2 Å². The lowest BCUT2D eigenvalue weighted by molar-refractivity contribution is -0.125. The number of rotatable bonds is 9. The minimum Gasteiger partial charge on any atom is -0.354 e. The molecule has 0 unspecified atom stereocenters. The Bertz CT molecular complexity index is 1100. The van der Waals surface area contributed by atoms with Crippen molar-refractivity contribution in [3.8, 4) is 5.69 Å². The van der Waals surface area contributed by atoms with Gasteiger partial charge in [-0.25, -0.2) is 4.68 Å². The lowest BCUT2D eigenvalue weighted by atomic mass is 10.2. The number of benzene rings is 2. The maximum Gasteiger partial charge on any atom is 0.253 e. The molecule has 0 aliphatic carbocycles. The average molecular weight is 474 g/mol. The molecule has 0 aliphatic rings. The molecule has 0 bridgehead atoms. The van der Waals surface area contributed by atoms with E-state index < -0.39 is 11.8 Å². The number of hydrogen-bond acceptors (Lipinski definition) is 4. The van der Waals surface area contributed by atoms with Gasteiger partial charge in [0.05, 0.1) is 35.6 Å². The Morgan fingerprint density at radius 2 is 1.62 bits per heavy atom. The van der Waals surface area contributed by atoms with Crippen LogP contribution in [0.1, 0.15) is 15.9 Å². The fraction of sp³-hybridized carbons (Fsp3) is 0.182. The monoisotopic (exact) mass is 473 g/mol. The zero-order chi connectivity index (χ0) is 22.9. The fourth-order valence-electron chi connectivity index (χ4n) is 2.79. The number of hydrogen-bond donors (Lipinski definition) is 3. The number of para-hydroxylation sites is 1. The van der Waals surface area contributed by atoms with E-state index in [1.54, 1.807) is 10.9 Å². The number of aromatic nitrogens is 2.